The van der Waals surface area contributed by atoms with Gasteiger partial charge in [0.15, 0.2) is 0 Å². The molecule has 3 rings (SSSR count). The lowest BCUT2D eigenvalue weighted by Crippen LogP contribution is -2.28. The average Bonchev–Trinajstić information content (AvgIpc) is 2.66. The molecule has 1 aliphatic rings. The highest BCUT2D eigenvalue weighted by atomic mass is 19.4. The van der Waals surface area contributed by atoms with Gasteiger partial charge in [-0.15, -0.1) is 0 Å². The summed E-state index contributed by atoms with van der Waals surface area (Å²) < 4.78 is 47.0. The van der Waals surface area contributed by atoms with Gasteiger partial charge < -0.3 is 15.0 Å². The van der Waals surface area contributed by atoms with Gasteiger partial charge in [-0.25, -0.2) is 0 Å². The Hall–Kier alpha value is -2.54. The summed E-state index contributed by atoms with van der Waals surface area (Å²) in [7, 11) is 2.03. The fourth-order valence-electron chi connectivity index (χ4n) is 3.90. The number of benzene rings is 2. The van der Waals surface area contributed by atoms with E-state index in [0.29, 0.717) is 5.69 Å². The summed E-state index contributed by atoms with van der Waals surface area (Å²) in [5.41, 5.74) is 1.95. The SMILES string of the molecule is CC(C)Oc1cc(C(C)C)c(C(F)(F)F)cc1C(=O)Nc1cccc2c1CCN(C)C2. The topological polar surface area (TPSA) is 41.6 Å². The van der Waals surface area contributed by atoms with Crippen LogP contribution in [-0.4, -0.2) is 30.5 Å². The summed E-state index contributed by atoms with van der Waals surface area (Å²) >= 11 is 0. The second-order valence-corrected chi connectivity index (χ2v) is 8.64. The second kappa shape index (κ2) is 8.91. The molecule has 0 unspecified atom stereocenters. The largest absolute Gasteiger partial charge is 0.490 e. The zero-order valence-corrected chi connectivity index (χ0v) is 18.6. The molecule has 0 radical (unpaired) electrons. The predicted octanol–water partition coefficient (Wildman–Crippen LogP) is 5.86. The van der Waals surface area contributed by atoms with E-state index in [2.05, 4.69) is 10.2 Å². The molecule has 0 aromatic heterocycles. The Balaban J connectivity index is 2.05. The van der Waals surface area contributed by atoms with E-state index in [9.17, 15) is 18.0 Å². The van der Waals surface area contributed by atoms with Crippen LogP contribution in [-0.2, 0) is 19.1 Å². The van der Waals surface area contributed by atoms with Gasteiger partial charge in [-0.1, -0.05) is 26.0 Å². The first-order valence-electron chi connectivity index (χ1n) is 10.5. The molecule has 0 spiro atoms. The van der Waals surface area contributed by atoms with Crippen LogP contribution in [0.15, 0.2) is 30.3 Å². The van der Waals surface area contributed by atoms with Gasteiger partial charge in [0.2, 0.25) is 0 Å². The summed E-state index contributed by atoms with van der Waals surface area (Å²) in [4.78, 5) is 15.3. The number of nitrogens with zero attached hydrogens (tertiary/aromatic N) is 1. The van der Waals surface area contributed by atoms with Gasteiger partial charge in [0, 0.05) is 18.8 Å². The molecule has 1 amide bonds. The highest BCUT2D eigenvalue weighted by Crippen LogP contribution is 2.39. The first-order valence-corrected chi connectivity index (χ1v) is 10.5. The van der Waals surface area contributed by atoms with Crippen molar-refractivity contribution < 1.29 is 22.7 Å². The van der Waals surface area contributed by atoms with Gasteiger partial charge in [0.1, 0.15) is 5.75 Å². The van der Waals surface area contributed by atoms with Crippen LogP contribution >= 0.6 is 0 Å². The molecule has 0 aliphatic carbocycles. The van der Waals surface area contributed by atoms with Crippen molar-refractivity contribution in [2.45, 2.75) is 58.9 Å². The number of fused-ring (bicyclic) bond motifs is 1. The Labute approximate surface area is 181 Å². The molecule has 0 fully saturated rings. The number of likely N-dealkylation sites (N-methyl/N-ethyl adjacent to an activating group) is 1. The number of anilines is 1. The Bertz CT molecular complexity index is 968. The molecule has 1 aliphatic heterocycles. The highest BCUT2D eigenvalue weighted by Gasteiger charge is 2.36. The minimum atomic E-state index is -4.57. The number of carbonyl (C=O) groups is 1. The third kappa shape index (κ3) is 5.21. The van der Waals surface area contributed by atoms with Crippen LogP contribution in [0, 0.1) is 0 Å². The molecule has 7 heteroatoms. The molecule has 0 bridgehead atoms. The van der Waals surface area contributed by atoms with E-state index < -0.39 is 17.6 Å². The number of hydrogen-bond donors (Lipinski definition) is 1. The minimum absolute atomic E-state index is 0.111. The number of amides is 1. The fraction of sp³-hybridized carbons (Fsp3) is 0.458. The lowest BCUT2D eigenvalue weighted by molar-refractivity contribution is -0.138. The minimum Gasteiger partial charge on any atom is -0.490 e. The maximum absolute atomic E-state index is 13.8. The van der Waals surface area contributed by atoms with Gasteiger partial charge in [-0.3, -0.25) is 4.79 Å². The number of carbonyl (C=O) groups excluding carboxylic acids is 1. The van der Waals surface area contributed by atoms with Gasteiger partial charge >= 0.3 is 6.18 Å². The highest BCUT2D eigenvalue weighted by molar-refractivity contribution is 6.07. The van der Waals surface area contributed by atoms with Crippen molar-refractivity contribution in [2.75, 3.05) is 18.9 Å². The fourth-order valence-corrected chi connectivity index (χ4v) is 3.90. The van der Waals surface area contributed by atoms with E-state index >= 15 is 0 Å². The Morgan fingerprint density at radius 2 is 1.87 bits per heavy atom. The van der Waals surface area contributed by atoms with E-state index in [0.717, 1.165) is 36.7 Å². The molecule has 0 atom stereocenters. The van der Waals surface area contributed by atoms with Crippen LogP contribution in [0.2, 0.25) is 0 Å². The summed E-state index contributed by atoms with van der Waals surface area (Å²) in [5, 5.41) is 2.84. The van der Waals surface area contributed by atoms with Gasteiger partial charge in [-0.2, -0.15) is 13.2 Å². The summed E-state index contributed by atoms with van der Waals surface area (Å²) in [5.74, 6) is -0.820. The number of nitrogens with one attached hydrogen (secondary N) is 1. The maximum Gasteiger partial charge on any atom is 0.416 e. The van der Waals surface area contributed by atoms with Crippen molar-refractivity contribution in [3.8, 4) is 5.75 Å². The van der Waals surface area contributed by atoms with Crippen LogP contribution in [0.25, 0.3) is 0 Å². The standard InChI is InChI=1S/C24H29F3N2O2/c1-14(2)18-12-22(31-15(3)4)19(11-20(18)24(25,26)27)23(30)28-21-8-6-7-16-13-29(5)10-9-17(16)21/h6-8,11-12,14-15H,9-10,13H2,1-5H3,(H,28,30). The van der Waals surface area contributed by atoms with Crippen molar-refractivity contribution in [1.82, 2.24) is 4.90 Å². The summed E-state index contributed by atoms with van der Waals surface area (Å²) in [6, 6.07) is 7.93. The van der Waals surface area contributed by atoms with Crippen LogP contribution in [0.1, 0.15) is 66.2 Å². The number of halogens is 3. The Kier molecular flexibility index (Phi) is 6.65. The smallest absolute Gasteiger partial charge is 0.416 e. The van der Waals surface area contributed by atoms with Crippen LogP contribution < -0.4 is 10.1 Å². The normalized spacial score (nSPS) is 14.6. The number of hydrogen-bond acceptors (Lipinski definition) is 3. The van der Waals surface area contributed by atoms with Crippen LogP contribution in [0.4, 0.5) is 18.9 Å². The Morgan fingerprint density at radius 1 is 1.16 bits per heavy atom. The third-order valence-electron chi connectivity index (χ3n) is 5.39. The molecule has 31 heavy (non-hydrogen) atoms. The number of alkyl halides is 3. The Morgan fingerprint density at radius 3 is 2.48 bits per heavy atom. The van der Waals surface area contributed by atoms with E-state index in [1.54, 1.807) is 33.8 Å². The molecule has 0 saturated carbocycles. The van der Waals surface area contributed by atoms with E-state index in [4.69, 9.17) is 4.74 Å². The predicted molar refractivity (Wildman–Crippen MR) is 116 cm³/mol. The lowest BCUT2D eigenvalue weighted by Gasteiger charge is -2.27. The molecule has 2 aromatic rings. The summed E-state index contributed by atoms with van der Waals surface area (Å²) in [6.45, 7) is 8.55. The number of ether oxygens (including phenoxy) is 1. The molecule has 168 valence electrons. The van der Waals surface area contributed by atoms with E-state index in [-0.39, 0.29) is 28.9 Å². The van der Waals surface area contributed by atoms with Gasteiger partial charge in [0.05, 0.1) is 17.2 Å². The average molecular weight is 435 g/mol. The molecule has 2 aromatic carbocycles. The number of rotatable bonds is 5. The van der Waals surface area contributed by atoms with E-state index in [1.165, 1.54) is 6.07 Å². The van der Waals surface area contributed by atoms with Crippen LogP contribution in [0.5, 0.6) is 5.75 Å². The zero-order valence-electron chi connectivity index (χ0n) is 18.6. The van der Waals surface area contributed by atoms with Gasteiger partial charge in [-0.05, 0) is 68.1 Å². The monoisotopic (exact) mass is 434 g/mol. The zero-order chi connectivity index (χ0) is 22.9. The van der Waals surface area contributed by atoms with Crippen molar-refractivity contribution in [1.29, 1.82) is 0 Å². The second-order valence-electron chi connectivity index (χ2n) is 8.64. The van der Waals surface area contributed by atoms with Crippen molar-refractivity contribution in [3.63, 3.8) is 0 Å². The maximum atomic E-state index is 13.8. The van der Waals surface area contributed by atoms with Crippen molar-refractivity contribution >= 4 is 11.6 Å². The van der Waals surface area contributed by atoms with Gasteiger partial charge in [0.25, 0.3) is 5.91 Å². The third-order valence-corrected chi connectivity index (χ3v) is 5.39. The van der Waals surface area contributed by atoms with Crippen molar-refractivity contribution in [2.24, 2.45) is 0 Å². The molecule has 0 saturated heterocycles. The molecule has 1 N–H and O–H groups in total. The first-order chi connectivity index (χ1) is 14.5. The van der Waals surface area contributed by atoms with Crippen molar-refractivity contribution in [3.05, 3.63) is 58.1 Å². The molecular weight excluding hydrogens is 405 g/mol. The lowest BCUT2D eigenvalue weighted by atomic mass is 9.93. The molecule has 4 nitrogen and oxygen atoms in total. The summed E-state index contributed by atoms with van der Waals surface area (Å²) in [6.07, 6.45) is -4.09. The molecule has 1 heterocycles. The van der Waals surface area contributed by atoms with Crippen LogP contribution in [0.3, 0.4) is 0 Å². The first kappa shape index (κ1) is 23.1. The molecular formula is C24H29F3N2O2. The quantitative estimate of drug-likeness (QED) is 0.641. The van der Waals surface area contributed by atoms with E-state index in [1.807, 2.05) is 19.2 Å².